The van der Waals surface area contributed by atoms with Crippen molar-refractivity contribution in [3.63, 3.8) is 0 Å². The number of fused-ring (bicyclic) bond motifs is 1. The normalized spacial score (nSPS) is 15.9. The topological polar surface area (TPSA) is 37.0 Å². The molecule has 2 heterocycles. The zero-order valence-electron chi connectivity index (χ0n) is 12.1. The van der Waals surface area contributed by atoms with Crippen molar-refractivity contribution >= 4 is 11.3 Å². The Kier molecular flexibility index (Phi) is 4.15. The highest BCUT2D eigenvalue weighted by Crippen LogP contribution is 2.20. The lowest BCUT2D eigenvalue weighted by atomic mass is 9.98. The fourth-order valence-electron chi connectivity index (χ4n) is 2.57. The molecule has 0 saturated heterocycles. The lowest BCUT2D eigenvalue weighted by Crippen LogP contribution is -2.24. The fourth-order valence-corrected chi connectivity index (χ4v) is 3.38. The van der Waals surface area contributed by atoms with Gasteiger partial charge in [-0.2, -0.15) is 0 Å². The average molecular weight is 287 g/mol. The van der Waals surface area contributed by atoms with Gasteiger partial charge < -0.3 is 10.6 Å². The zero-order valence-corrected chi connectivity index (χ0v) is 12.9. The summed E-state index contributed by atoms with van der Waals surface area (Å²) in [7, 11) is 0. The number of nitrogens with zero attached hydrogens (tertiary/aromatic N) is 1. The fraction of sp³-hybridized carbons (Fsp3) is 0.438. The van der Waals surface area contributed by atoms with Crippen LogP contribution in [0.1, 0.15) is 39.5 Å². The number of thiazole rings is 1. The number of nitrogens with one attached hydrogen (secondary N) is 2. The van der Waals surface area contributed by atoms with Crippen molar-refractivity contribution in [2.75, 3.05) is 6.54 Å². The van der Waals surface area contributed by atoms with Gasteiger partial charge in [-0.25, -0.2) is 4.98 Å². The second kappa shape index (κ2) is 6.04. The van der Waals surface area contributed by atoms with Crippen LogP contribution in [-0.2, 0) is 19.5 Å². The number of aryl methyl sites for hydroxylation is 1. The molecule has 2 aromatic rings. The molecular formula is C16H21N3S. The molecule has 0 aliphatic carbocycles. The minimum absolute atomic E-state index is 0.308. The Labute approximate surface area is 124 Å². The van der Waals surface area contributed by atoms with E-state index in [-0.39, 0.29) is 0 Å². The highest BCUT2D eigenvalue weighted by molar-refractivity contribution is 7.11. The van der Waals surface area contributed by atoms with E-state index >= 15 is 0 Å². The van der Waals surface area contributed by atoms with Crippen molar-refractivity contribution in [3.8, 4) is 0 Å². The largest absolute Gasteiger partial charge is 0.312 e. The maximum atomic E-state index is 4.44. The Hall–Kier alpha value is -1.23. The first kappa shape index (κ1) is 13.7. The minimum atomic E-state index is 0.308. The van der Waals surface area contributed by atoms with E-state index in [0.717, 1.165) is 26.1 Å². The molecule has 1 aromatic carbocycles. The molecule has 0 saturated carbocycles. The summed E-state index contributed by atoms with van der Waals surface area (Å²) in [6, 6.07) is 7.17. The van der Waals surface area contributed by atoms with Gasteiger partial charge in [0.25, 0.3) is 0 Å². The van der Waals surface area contributed by atoms with Crippen molar-refractivity contribution in [2.24, 2.45) is 0 Å². The number of hydrogen-bond acceptors (Lipinski definition) is 4. The predicted molar refractivity (Wildman–Crippen MR) is 84.0 cm³/mol. The van der Waals surface area contributed by atoms with Crippen LogP contribution < -0.4 is 10.6 Å². The van der Waals surface area contributed by atoms with Crippen LogP contribution in [0.2, 0.25) is 0 Å². The van der Waals surface area contributed by atoms with Crippen LogP contribution in [0.4, 0.5) is 0 Å². The average Bonchev–Trinajstić information content (AvgIpc) is 2.91. The molecule has 0 fully saturated rings. The molecule has 20 heavy (non-hydrogen) atoms. The minimum Gasteiger partial charge on any atom is -0.312 e. The monoisotopic (exact) mass is 287 g/mol. The van der Waals surface area contributed by atoms with Crippen LogP contribution >= 0.6 is 11.3 Å². The summed E-state index contributed by atoms with van der Waals surface area (Å²) in [6.07, 6.45) is 3.10. The first-order valence-corrected chi connectivity index (χ1v) is 8.01. The SMILES string of the molecule is Cc1cnc(C(C)NCc2ccc3c(c2)CNCC3)s1. The smallest absolute Gasteiger partial charge is 0.109 e. The number of benzene rings is 1. The van der Waals surface area contributed by atoms with Crippen LogP contribution in [0, 0.1) is 6.92 Å². The van der Waals surface area contributed by atoms with E-state index in [1.165, 1.54) is 26.6 Å². The number of rotatable bonds is 4. The second-order valence-electron chi connectivity index (χ2n) is 5.44. The molecule has 0 spiro atoms. The van der Waals surface area contributed by atoms with E-state index in [1.807, 2.05) is 6.20 Å². The molecule has 106 valence electrons. The first-order chi connectivity index (χ1) is 9.72. The third-order valence-corrected chi connectivity index (χ3v) is 4.87. The molecule has 0 bridgehead atoms. The van der Waals surface area contributed by atoms with Gasteiger partial charge in [0, 0.05) is 24.2 Å². The summed E-state index contributed by atoms with van der Waals surface area (Å²) in [4.78, 5) is 5.72. The van der Waals surface area contributed by atoms with Crippen LogP contribution in [0.5, 0.6) is 0 Å². The van der Waals surface area contributed by atoms with E-state index in [1.54, 1.807) is 11.3 Å². The molecule has 4 heteroatoms. The molecular weight excluding hydrogens is 266 g/mol. The van der Waals surface area contributed by atoms with Crippen LogP contribution in [-0.4, -0.2) is 11.5 Å². The van der Waals surface area contributed by atoms with E-state index in [2.05, 4.69) is 47.7 Å². The third kappa shape index (κ3) is 3.08. The summed E-state index contributed by atoms with van der Waals surface area (Å²) in [5.74, 6) is 0. The molecule has 1 aliphatic heterocycles. The Bertz CT molecular complexity index is 591. The molecule has 0 amide bonds. The van der Waals surface area contributed by atoms with Crippen molar-refractivity contribution < 1.29 is 0 Å². The predicted octanol–water partition coefficient (Wildman–Crippen LogP) is 2.95. The Morgan fingerprint density at radius 3 is 3.10 bits per heavy atom. The lowest BCUT2D eigenvalue weighted by Gasteiger charge is -2.18. The van der Waals surface area contributed by atoms with Gasteiger partial charge in [0.1, 0.15) is 5.01 Å². The van der Waals surface area contributed by atoms with E-state index in [0.29, 0.717) is 6.04 Å². The van der Waals surface area contributed by atoms with E-state index < -0.39 is 0 Å². The van der Waals surface area contributed by atoms with Gasteiger partial charge in [0.15, 0.2) is 0 Å². The lowest BCUT2D eigenvalue weighted by molar-refractivity contribution is 0.570. The molecule has 1 aromatic heterocycles. The third-order valence-electron chi connectivity index (χ3n) is 3.78. The number of aromatic nitrogens is 1. The van der Waals surface area contributed by atoms with Crippen molar-refractivity contribution in [1.29, 1.82) is 0 Å². The summed E-state index contributed by atoms with van der Waals surface area (Å²) in [5.41, 5.74) is 4.30. The summed E-state index contributed by atoms with van der Waals surface area (Å²) in [6.45, 7) is 7.28. The van der Waals surface area contributed by atoms with Gasteiger partial charge in [0.2, 0.25) is 0 Å². The van der Waals surface area contributed by atoms with Gasteiger partial charge in [-0.3, -0.25) is 0 Å². The number of hydrogen-bond donors (Lipinski definition) is 2. The zero-order chi connectivity index (χ0) is 13.9. The van der Waals surface area contributed by atoms with Gasteiger partial charge in [0.05, 0.1) is 6.04 Å². The molecule has 1 aliphatic rings. The van der Waals surface area contributed by atoms with Gasteiger partial charge >= 0.3 is 0 Å². The van der Waals surface area contributed by atoms with Gasteiger partial charge in [-0.05, 0) is 43.5 Å². The Morgan fingerprint density at radius 2 is 2.30 bits per heavy atom. The van der Waals surface area contributed by atoms with Crippen LogP contribution in [0.3, 0.4) is 0 Å². The van der Waals surface area contributed by atoms with Gasteiger partial charge in [-0.15, -0.1) is 11.3 Å². The van der Waals surface area contributed by atoms with Crippen molar-refractivity contribution in [3.05, 3.63) is 51.0 Å². The Morgan fingerprint density at radius 1 is 1.40 bits per heavy atom. The molecule has 1 atom stereocenters. The second-order valence-corrected chi connectivity index (χ2v) is 6.71. The summed E-state index contributed by atoms with van der Waals surface area (Å²) < 4.78 is 0. The standard InChI is InChI=1S/C16H21N3S/c1-11-8-19-16(20-11)12(2)18-9-13-3-4-14-5-6-17-10-15(14)7-13/h3-4,7-8,12,17-18H,5-6,9-10H2,1-2H3. The summed E-state index contributed by atoms with van der Waals surface area (Å²) in [5, 5.41) is 8.16. The van der Waals surface area contributed by atoms with E-state index in [9.17, 15) is 0 Å². The van der Waals surface area contributed by atoms with Crippen LogP contribution in [0.15, 0.2) is 24.4 Å². The van der Waals surface area contributed by atoms with Crippen molar-refractivity contribution in [2.45, 2.75) is 39.4 Å². The highest BCUT2D eigenvalue weighted by Gasteiger charge is 2.11. The molecule has 3 nitrogen and oxygen atoms in total. The molecule has 0 radical (unpaired) electrons. The maximum absolute atomic E-state index is 4.44. The first-order valence-electron chi connectivity index (χ1n) is 7.19. The maximum Gasteiger partial charge on any atom is 0.109 e. The molecule has 2 N–H and O–H groups in total. The van der Waals surface area contributed by atoms with Crippen LogP contribution in [0.25, 0.3) is 0 Å². The molecule has 1 unspecified atom stereocenters. The highest BCUT2D eigenvalue weighted by atomic mass is 32.1. The molecule has 3 rings (SSSR count). The summed E-state index contributed by atoms with van der Waals surface area (Å²) >= 11 is 1.77. The Balaban J connectivity index is 1.63. The quantitative estimate of drug-likeness (QED) is 0.908. The van der Waals surface area contributed by atoms with Gasteiger partial charge in [-0.1, -0.05) is 18.2 Å². The van der Waals surface area contributed by atoms with E-state index in [4.69, 9.17) is 0 Å². The van der Waals surface area contributed by atoms with Crippen molar-refractivity contribution in [1.82, 2.24) is 15.6 Å².